The van der Waals surface area contributed by atoms with Crippen LogP contribution in [0.15, 0.2) is 22.7 Å². The fourth-order valence-electron chi connectivity index (χ4n) is 1.38. The molecule has 1 aromatic heterocycles. The van der Waals surface area contributed by atoms with Crippen LogP contribution in [0.5, 0.6) is 0 Å². The molecule has 0 saturated heterocycles. The lowest BCUT2D eigenvalue weighted by molar-refractivity contribution is 0.357. The van der Waals surface area contributed by atoms with Gasteiger partial charge in [0.05, 0.1) is 11.1 Å². The third-order valence-corrected chi connectivity index (χ3v) is 2.58. The molecule has 0 radical (unpaired) electrons. The third kappa shape index (κ3) is 2.50. The highest BCUT2D eigenvalue weighted by molar-refractivity contribution is 6.33. The SMILES string of the molecule is C#CCC(N)c1nc(-c2ccc(F)cc2Cl)no1. The van der Waals surface area contributed by atoms with Gasteiger partial charge in [0.15, 0.2) is 0 Å². The second-order valence-electron chi connectivity index (χ2n) is 3.60. The first-order chi connectivity index (χ1) is 8.61. The van der Waals surface area contributed by atoms with Crippen molar-refractivity contribution < 1.29 is 8.91 Å². The Morgan fingerprint density at radius 2 is 2.33 bits per heavy atom. The minimum Gasteiger partial charge on any atom is -0.337 e. The molecule has 0 spiro atoms. The van der Waals surface area contributed by atoms with E-state index in [-0.39, 0.29) is 16.7 Å². The number of nitrogens with two attached hydrogens (primary N) is 1. The minimum atomic E-state index is -0.518. The van der Waals surface area contributed by atoms with Crippen LogP contribution >= 0.6 is 11.6 Å². The molecule has 2 rings (SSSR count). The van der Waals surface area contributed by atoms with Crippen LogP contribution in [-0.2, 0) is 0 Å². The van der Waals surface area contributed by atoms with Gasteiger partial charge in [-0.15, -0.1) is 12.3 Å². The number of benzene rings is 1. The number of hydrogen-bond acceptors (Lipinski definition) is 4. The third-order valence-electron chi connectivity index (χ3n) is 2.27. The number of nitrogens with zero attached hydrogens (tertiary/aromatic N) is 2. The Bertz CT molecular complexity index is 606. The molecule has 4 nitrogen and oxygen atoms in total. The summed E-state index contributed by atoms with van der Waals surface area (Å²) in [5.41, 5.74) is 6.20. The summed E-state index contributed by atoms with van der Waals surface area (Å²) in [4.78, 5) is 4.08. The molecule has 0 fully saturated rings. The molecule has 1 heterocycles. The molecule has 0 bridgehead atoms. The van der Waals surface area contributed by atoms with Crippen LogP contribution in [0.1, 0.15) is 18.4 Å². The summed E-state index contributed by atoms with van der Waals surface area (Å²) < 4.78 is 17.9. The lowest BCUT2D eigenvalue weighted by Gasteiger charge is -1.99. The van der Waals surface area contributed by atoms with Gasteiger partial charge in [0, 0.05) is 12.0 Å². The Morgan fingerprint density at radius 3 is 3.00 bits per heavy atom. The second-order valence-corrected chi connectivity index (χ2v) is 4.00. The standard InChI is InChI=1S/C12H9ClFN3O/c1-2-3-10(15)12-16-11(17-18-12)8-5-4-7(14)6-9(8)13/h1,4-6,10H,3,15H2. The summed E-state index contributed by atoms with van der Waals surface area (Å²) in [5, 5.41) is 3.94. The largest absolute Gasteiger partial charge is 0.337 e. The first kappa shape index (κ1) is 12.6. The maximum Gasteiger partial charge on any atom is 0.244 e. The van der Waals surface area contributed by atoms with Crippen molar-refractivity contribution in [3.05, 3.63) is 34.9 Å². The molecule has 2 aromatic rings. The average Bonchev–Trinajstić information content (AvgIpc) is 2.78. The fraction of sp³-hybridized carbons (Fsp3) is 0.167. The van der Waals surface area contributed by atoms with E-state index in [1.54, 1.807) is 0 Å². The van der Waals surface area contributed by atoms with Gasteiger partial charge < -0.3 is 10.3 Å². The van der Waals surface area contributed by atoms with E-state index in [1.165, 1.54) is 18.2 Å². The Kier molecular flexibility index (Phi) is 3.60. The van der Waals surface area contributed by atoms with Crippen LogP contribution in [0, 0.1) is 18.2 Å². The van der Waals surface area contributed by atoms with E-state index in [9.17, 15) is 4.39 Å². The molecule has 0 aliphatic carbocycles. The topological polar surface area (TPSA) is 64.9 Å². The minimum absolute atomic E-state index is 0.202. The summed E-state index contributed by atoms with van der Waals surface area (Å²) in [5.74, 6) is 2.45. The lowest BCUT2D eigenvalue weighted by Crippen LogP contribution is -2.09. The van der Waals surface area contributed by atoms with E-state index in [0.29, 0.717) is 12.0 Å². The highest BCUT2D eigenvalue weighted by atomic mass is 35.5. The van der Waals surface area contributed by atoms with E-state index < -0.39 is 11.9 Å². The van der Waals surface area contributed by atoms with Crippen molar-refractivity contribution in [3.8, 4) is 23.7 Å². The second kappa shape index (κ2) is 5.17. The van der Waals surface area contributed by atoms with Gasteiger partial charge in [0.2, 0.25) is 11.7 Å². The Labute approximate surface area is 108 Å². The van der Waals surface area contributed by atoms with Gasteiger partial charge in [-0.3, -0.25) is 0 Å². The van der Waals surface area contributed by atoms with Crippen LogP contribution in [0.3, 0.4) is 0 Å². The van der Waals surface area contributed by atoms with Gasteiger partial charge in [0.25, 0.3) is 0 Å². The van der Waals surface area contributed by atoms with E-state index in [4.69, 9.17) is 28.3 Å². The summed E-state index contributed by atoms with van der Waals surface area (Å²) in [6, 6.07) is 3.39. The number of aromatic nitrogens is 2. The summed E-state index contributed by atoms with van der Waals surface area (Å²) >= 11 is 5.89. The van der Waals surface area contributed by atoms with E-state index >= 15 is 0 Å². The molecule has 0 aliphatic heterocycles. The molecule has 1 aromatic carbocycles. The van der Waals surface area contributed by atoms with Gasteiger partial charge in [-0.05, 0) is 18.2 Å². The van der Waals surface area contributed by atoms with Crippen LogP contribution in [-0.4, -0.2) is 10.1 Å². The molecule has 0 aliphatic rings. The van der Waals surface area contributed by atoms with Crippen molar-refractivity contribution in [3.63, 3.8) is 0 Å². The molecule has 6 heteroatoms. The summed E-state index contributed by atoms with van der Waals surface area (Å²) in [6.45, 7) is 0. The predicted molar refractivity (Wildman–Crippen MR) is 65.1 cm³/mol. The van der Waals surface area contributed by atoms with Crippen molar-refractivity contribution in [2.24, 2.45) is 5.73 Å². The molecule has 0 saturated carbocycles. The number of hydrogen-bond donors (Lipinski definition) is 1. The van der Waals surface area contributed by atoms with Crippen LogP contribution in [0.2, 0.25) is 5.02 Å². The summed E-state index contributed by atoms with van der Waals surface area (Å²) in [7, 11) is 0. The normalized spacial score (nSPS) is 12.1. The Hall–Kier alpha value is -1.90. The quantitative estimate of drug-likeness (QED) is 0.866. The van der Waals surface area contributed by atoms with Gasteiger partial charge in [-0.2, -0.15) is 4.98 Å². The van der Waals surface area contributed by atoms with Crippen LogP contribution in [0.25, 0.3) is 11.4 Å². The van der Waals surface area contributed by atoms with Crippen LogP contribution < -0.4 is 5.73 Å². The van der Waals surface area contributed by atoms with Crippen molar-refractivity contribution >= 4 is 11.6 Å². The number of terminal acetylenes is 1. The predicted octanol–water partition coefficient (Wildman–Crippen LogP) is 2.55. The molecule has 1 unspecified atom stereocenters. The smallest absolute Gasteiger partial charge is 0.244 e. The maximum atomic E-state index is 12.9. The number of rotatable bonds is 3. The van der Waals surface area contributed by atoms with Gasteiger partial charge in [0.1, 0.15) is 5.82 Å². The highest BCUT2D eigenvalue weighted by Gasteiger charge is 2.16. The zero-order chi connectivity index (χ0) is 13.1. The van der Waals surface area contributed by atoms with Crippen molar-refractivity contribution in [1.82, 2.24) is 10.1 Å². The van der Waals surface area contributed by atoms with E-state index in [0.717, 1.165) is 0 Å². The molecule has 18 heavy (non-hydrogen) atoms. The molecular formula is C12H9ClFN3O. The van der Waals surface area contributed by atoms with Crippen molar-refractivity contribution in [2.45, 2.75) is 12.5 Å². The Morgan fingerprint density at radius 1 is 1.56 bits per heavy atom. The van der Waals surface area contributed by atoms with E-state index in [2.05, 4.69) is 16.1 Å². The van der Waals surface area contributed by atoms with E-state index in [1.807, 2.05) is 0 Å². The molecule has 92 valence electrons. The average molecular weight is 266 g/mol. The van der Waals surface area contributed by atoms with Crippen molar-refractivity contribution in [2.75, 3.05) is 0 Å². The van der Waals surface area contributed by atoms with Gasteiger partial charge >= 0.3 is 0 Å². The fourth-order valence-corrected chi connectivity index (χ4v) is 1.63. The lowest BCUT2D eigenvalue weighted by atomic mass is 10.2. The molecule has 2 N–H and O–H groups in total. The summed E-state index contributed by atoms with van der Waals surface area (Å²) in [6.07, 6.45) is 5.43. The zero-order valence-electron chi connectivity index (χ0n) is 9.23. The highest BCUT2D eigenvalue weighted by Crippen LogP contribution is 2.27. The van der Waals surface area contributed by atoms with Gasteiger partial charge in [-0.25, -0.2) is 4.39 Å². The monoisotopic (exact) mass is 265 g/mol. The van der Waals surface area contributed by atoms with Crippen LogP contribution in [0.4, 0.5) is 4.39 Å². The first-order valence-corrected chi connectivity index (χ1v) is 5.47. The first-order valence-electron chi connectivity index (χ1n) is 5.10. The molecule has 1 atom stereocenters. The van der Waals surface area contributed by atoms with Gasteiger partial charge in [-0.1, -0.05) is 16.8 Å². The zero-order valence-corrected chi connectivity index (χ0v) is 9.99. The molecule has 0 amide bonds. The van der Waals surface area contributed by atoms with Crippen molar-refractivity contribution in [1.29, 1.82) is 0 Å². The molecular weight excluding hydrogens is 257 g/mol. The Balaban J connectivity index is 2.32. The number of halogens is 2. The maximum absolute atomic E-state index is 12.9.